The van der Waals surface area contributed by atoms with E-state index in [1.165, 1.54) is 0 Å². The van der Waals surface area contributed by atoms with E-state index in [1.54, 1.807) is 36.4 Å². The molecule has 0 bridgehead atoms. The minimum atomic E-state index is -0.250. The number of nitrogen functional groups attached to an aromatic ring is 1. The fraction of sp³-hybridized carbons (Fsp3) is 0.417. The molecule has 0 aliphatic carbocycles. The summed E-state index contributed by atoms with van der Waals surface area (Å²) in [4.78, 5) is 27.5. The summed E-state index contributed by atoms with van der Waals surface area (Å²) < 4.78 is 0. The summed E-state index contributed by atoms with van der Waals surface area (Å²) in [6.07, 6.45) is 4.24. The van der Waals surface area contributed by atoms with E-state index in [0.29, 0.717) is 28.5 Å². The molecule has 1 aliphatic rings. The highest BCUT2D eigenvalue weighted by Crippen LogP contribution is 2.21. The summed E-state index contributed by atoms with van der Waals surface area (Å²) in [6.45, 7) is 5.98. The highest BCUT2D eigenvalue weighted by molar-refractivity contribution is 6.06. The van der Waals surface area contributed by atoms with E-state index >= 15 is 0 Å². The van der Waals surface area contributed by atoms with Crippen molar-refractivity contribution < 1.29 is 9.59 Å². The van der Waals surface area contributed by atoms with Gasteiger partial charge in [-0.15, -0.1) is 0 Å². The number of nitrogens with two attached hydrogens (primary N) is 1. The largest absolute Gasteiger partial charge is 0.397 e. The summed E-state index contributed by atoms with van der Waals surface area (Å²) in [6, 6.07) is 14.7. The smallest absolute Gasteiger partial charge is 0.255 e. The van der Waals surface area contributed by atoms with Crippen LogP contribution in [0.15, 0.2) is 48.5 Å². The number of anilines is 2. The lowest BCUT2D eigenvalue weighted by Crippen LogP contribution is -2.44. The molecule has 0 radical (unpaired) electrons. The van der Waals surface area contributed by atoms with Gasteiger partial charge in [0, 0.05) is 36.3 Å². The van der Waals surface area contributed by atoms with Crippen LogP contribution in [0.4, 0.5) is 11.4 Å². The maximum absolute atomic E-state index is 13.0. The lowest BCUT2D eigenvalue weighted by Gasteiger charge is -2.27. The van der Waals surface area contributed by atoms with Crippen LogP contribution in [-0.2, 0) is 0 Å². The molecule has 30 heavy (non-hydrogen) atoms. The van der Waals surface area contributed by atoms with Gasteiger partial charge in [-0.1, -0.05) is 26.0 Å². The van der Waals surface area contributed by atoms with Crippen molar-refractivity contribution in [1.82, 2.24) is 10.2 Å². The molecule has 3 rings (SSSR count). The third-order valence-corrected chi connectivity index (χ3v) is 5.87. The Bertz CT molecular complexity index is 862. The van der Waals surface area contributed by atoms with Crippen molar-refractivity contribution >= 4 is 23.2 Å². The van der Waals surface area contributed by atoms with Gasteiger partial charge in [0.15, 0.2) is 0 Å². The Morgan fingerprint density at radius 1 is 1.07 bits per heavy atom. The lowest BCUT2D eigenvalue weighted by molar-refractivity contribution is 0.0733. The topological polar surface area (TPSA) is 87.5 Å². The van der Waals surface area contributed by atoms with Crippen molar-refractivity contribution in [1.29, 1.82) is 0 Å². The second-order valence-electron chi connectivity index (χ2n) is 7.83. The highest BCUT2D eigenvalue weighted by atomic mass is 16.2. The van der Waals surface area contributed by atoms with Crippen LogP contribution in [0.3, 0.4) is 0 Å². The van der Waals surface area contributed by atoms with Crippen LogP contribution in [0.2, 0.25) is 0 Å². The summed E-state index contributed by atoms with van der Waals surface area (Å²) >= 11 is 0. The molecule has 0 spiro atoms. The van der Waals surface area contributed by atoms with Gasteiger partial charge in [-0.25, -0.2) is 0 Å². The first-order valence-corrected chi connectivity index (χ1v) is 10.8. The van der Waals surface area contributed by atoms with Crippen molar-refractivity contribution in [2.75, 3.05) is 24.1 Å². The van der Waals surface area contributed by atoms with Gasteiger partial charge in [0.25, 0.3) is 11.8 Å². The van der Waals surface area contributed by atoms with Gasteiger partial charge in [-0.3, -0.25) is 9.59 Å². The molecule has 2 amide bonds. The Morgan fingerprint density at radius 2 is 1.73 bits per heavy atom. The van der Waals surface area contributed by atoms with Crippen molar-refractivity contribution in [3.63, 3.8) is 0 Å². The highest BCUT2D eigenvalue weighted by Gasteiger charge is 2.29. The van der Waals surface area contributed by atoms with Gasteiger partial charge >= 0.3 is 0 Å². The molecule has 2 aromatic rings. The molecule has 6 nitrogen and oxygen atoms in total. The Labute approximate surface area is 178 Å². The minimum Gasteiger partial charge on any atom is -0.397 e. The van der Waals surface area contributed by atoms with Gasteiger partial charge in [0.05, 0.1) is 11.4 Å². The van der Waals surface area contributed by atoms with Crippen molar-refractivity contribution in [3.05, 3.63) is 59.7 Å². The van der Waals surface area contributed by atoms with E-state index in [1.807, 2.05) is 17.0 Å². The number of nitrogens with one attached hydrogen (secondary N) is 2. The summed E-state index contributed by atoms with van der Waals surface area (Å²) in [5, 5.41) is 6.40. The molecule has 4 N–H and O–H groups in total. The van der Waals surface area contributed by atoms with Crippen LogP contribution in [0.25, 0.3) is 0 Å². The number of benzene rings is 2. The first-order valence-electron chi connectivity index (χ1n) is 10.8. The summed E-state index contributed by atoms with van der Waals surface area (Å²) in [7, 11) is 0. The Balaban J connectivity index is 1.63. The molecule has 0 saturated carbocycles. The van der Waals surface area contributed by atoms with Gasteiger partial charge in [-0.2, -0.15) is 0 Å². The zero-order chi connectivity index (χ0) is 21.5. The third-order valence-electron chi connectivity index (χ3n) is 5.87. The number of likely N-dealkylation sites (tertiary alicyclic amines) is 1. The van der Waals surface area contributed by atoms with E-state index in [2.05, 4.69) is 24.5 Å². The first kappa shape index (κ1) is 21.8. The van der Waals surface area contributed by atoms with Crippen LogP contribution in [-0.4, -0.2) is 41.9 Å². The number of carbonyl (C=O) groups is 2. The SMILES string of the molecule is CCC(CC)NCC1CCCN1C(=O)c1ccc(C(=O)Nc2ccccc2N)cc1. The molecular weight excluding hydrogens is 376 g/mol. The Hall–Kier alpha value is -2.86. The van der Waals surface area contributed by atoms with Crippen LogP contribution < -0.4 is 16.4 Å². The molecule has 1 heterocycles. The van der Waals surface area contributed by atoms with Crippen LogP contribution in [0.1, 0.15) is 60.2 Å². The quantitative estimate of drug-likeness (QED) is 0.578. The number of para-hydroxylation sites is 2. The predicted octanol–water partition coefficient (Wildman–Crippen LogP) is 3.90. The normalized spacial score (nSPS) is 16.1. The molecule has 6 heteroatoms. The summed E-state index contributed by atoms with van der Waals surface area (Å²) in [5.41, 5.74) is 8.07. The van der Waals surface area contributed by atoms with Crippen LogP contribution in [0.5, 0.6) is 0 Å². The van der Waals surface area contributed by atoms with E-state index in [0.717, 1.165) is 38.8 Å². The standard InChI is InChI=1S/C24H32N4O2/c1-3-19(4-2)26-16-20-8-7-15-28(20)24(30)18-13-11-17(12-14-18)23(29)27-22-10-6-5-9-21(22)25/h5-6,9-14,19-20,26H,3-4,7-8,15-16,25H2,1-2H3,(H,27,29). The van der Waals surface area contributed by atoms with E-state index in [-0.39, 0.29) is 17.9 Å². The molecule has 1 aliphatic heterocycles. The molecule has 160 valence electrons. The van der Waals surface area contributed by atoms with Crippen molar-refractivity contribution in [2.24, 2.45) is 0 Å². The summed E-state index contributed by atoms with van der Waals surface area (Å²) in [5.74, 6) is -0.219. The van der Waals surface area contributed by atoms with Crippen molar-refractivity contribution in [3.8, 4) is 0 Å². The van der Waals surface area contributed by atoms with Crippen molar-refractivity contribution in [2.45, 2.75) is 51.6 Å². The monoisotopic (exact) mass is 408 g/mol. The molecular formula is C24H32N4O2. The number of carbonyl (C=O) groups excluding carboxylic acids is 2. The number of hydrogen-bond acceptors (Lipinski definition) is 4. The average molecular weight is 409 g/mol. The fourth-order valence-corrected chi connectivity index (χ4v) is 3.93. The fourth-order valence-electron chi connectivity index (χ4n) is 3.93. The molecule has 1 fully saturated rings. The molecule has 2 aromatic carbocycles. The molecule has 0 aromatic heterocycles. The Kier molecular flexibility index (Phi) is 7.46. The predicted molar refractivity (Wildman–Crippen MR) is 122 cm³/mol. The van der Waals surface area contributed by atoms with Crippen LogP contribution in [0, 0.1) is 0 Å². The maximum Gasteiger partial charge on any atom is 0.255 e. The number of nitrogens with zero attached hydrogens (tertiary/aromatic N) is 1. The second kappa shape index (κ2) is 10.3. The first-order chi connectivity index (χ1) is 14.5. The number of rotatable bonds is 8. The molecule has 1 atom stereocenters. The second-order valence-corrected chi connectivity index (χ2v) is 7.83. The van der Waals surface area contributed by atoms with Gasteiger partial charge in [-0.05, 0) is 62.1 Å². The molecule has 1 unspecified atom stereocenters. The van der Waals surface area contributed by atoms with E-state index in [9.17, 15) is 9.59 Å². The minimum absolute atomic E-state index is 0.0307. The zero-order valence-corrected chi connectivity index (χ0v) is 17.9. The average Bonchev–Trinajstić information content (AvgIpc) is 3.24. The maximum atomic E-state index is 13.0. The molecule has 1 saturated heterocycles. The number of hydrogen-bond donors (Lipinski definition) is 3. The number of amides is 2. The van der Waals surface area contributed by atoms with Gasteiger partial charge in [0.2, 0.25) is 0 Å². The van der Waals surface area contributed by atoms with E-state index in [4.69, 9.17) is 5.73 Å². The van der Waals surface area contributed by atoms with E-state index < -0.39 is 0 Å². The lowest BCUT2D eigenvalue weighted by atomic mass is 10.1. The Morgan fingerprint density at radius 3 is 2.40 bits per heavy atom. The zero-order valence-electron chi connectivity index (χ0n) is 17.9. The van der Waals surface area contributed by atoms with Gasteiger partial charge < -0.3 is 21.3 Å². The van der Waals surface area contributed by atoms with Gasteiger partial charge in [0.1, 0.15) is 0 Å². The third kappa shape index (κ3) is 5.19. The van der Waals surface area contributed by atoms with Crippen LogP contribution >= 0.6 is 0 Å².